The first-order chi connectivity index (χ1) is 59.1. The smallest absolute Gasteiger partial charge is 0.252 e. The summed E-state index contributed by atoms with van der Waals surface area (Å²) in [5.41, 5.74) is 19.5. The van der Waals surface area contributed by atoms with E-state index in [4.69, 9.17) is 0 Å². The van der Waals surface area contributed by atoms with Crippen molar-refractivity contribution in [3.63, 3.8) is 0 Å². The lowest BCUT2D eigenvalue weighted by Gasteiger charge is -2.47. The first-order valence-corrected chi connectivity index (χ1v) is 37.7. The summed E-state index contributed by atoms with van der Waals surface area (Å²) in [5.74, 6) is 0. The zero-order valence-electron chi connectivity index (χ0n) is 77.1. The minimum Gasteiger partial charge on any atom is -0.310 e. The standard InChI is InChI=1S/C102H79BN4S/c1-100(2,3)70-54-79(62-26-12-10-13-27-62)98-81(56-70)68-32-24-30-64(50-68)66-42-48-95-83(52-66)84-53-67(43-49-96(84)108-95)65-31-25-33-69(51-65)82-57-71(101(4,5)6)55-80(63-28-14-11-15-29-63)99(82)107-92-61-74(105-89-40-22-18-36-77(89)78-37-19-23-41-90(78)105)45-47-86(92)103-85-46-44-73(104-87-38-20-16-34-75(87)76-35-17-21-39-88(76)104)60-91(85)106(98)93-58-72(102(7,8)9)59-94(107)97(93)103/h10-61H,1-9H3/i16D,17D,18D,19D,20D,21D,22D,23D,34D,35D,36D,37D,38D,39D,40D,41D. The number of rotatable bonds is 4. The van der Waals surface area contributed by atoms with Gasteiger partial charge in [0.25, 0.3) is 6.71 Å². The van der Waals surface area contributed by atoms with Crippen LogP contribution in [-0.2, 0) is 16.2 Å². The quantitative estimate of drug-likeness (QED) is 0.163. The third-order valence-corrected chi connectivity index (χ3v) is 23.7. The largest absolute Gasteiger partial charge is 0.310 e. The predicted octanol–water partition coefficient (Wildman–Crippen LogP) is 26.5. The number of aromatic nitrogens is 2. The van der Waals surface area contributed by atoms with E-state index in [9.17, 15) is 21.9 Å². The van der Waals surface area contributed by atoms with Crippen LogP contribution in [0.4, 0.5) is 34.1 Å². The number of benzene rings is 15. The molecule has 6 heterocycles. The molecule has 4 nitrogen and oxygen atoms in total. The molecular formula is C102H79BN4S. The van der Waals surface area contributed by atoms with Crippen LogP contribution in [0.1, 0.15) is 101 Å². The first-order valence-electron chi connectivity index (χ1n) is 44.8. The van der Waals surface area contributed by atoms with Gasteiger partial charge in [0.05, 0.1) is 55.4 Å². The molecule has 0 aliphatic carbocycles. The molecule has 0 spiro atoms. The van der Waals surface area contributed by atoms with Gasteiger partial charge in [-0.1, -0.05) is 256 Å². The molecule has 0 unspecified atom stereocenters. The zero-order valence-corrected chi connectivity index (χ0v) is 61.9. The van der Waals surface area contributed by atoms with Crippen molar-refractivity contribution in [2.75, 3.05) is 9.80 Å². The Morgan fingerprint density at radius 1 is 0.287 bits per heavy atom. The van der Waals surface area contributed by atoms with Crippen LogP contribution < -0.4 is 26.2 Å². The molecule has 18 aromatic rings. The lowest BCUT2D eigenvalue weighted by Crippen LogP contribution is -2.61. The molecule has 0 atom stereocenters. The Morgan fingerprint density at radius 3 is 1.00 bits per heavy atom. The Morgan fingerprint density at radius 2 is 0.620 bits per heavy atom. The van der Waals surface area contributed by atoms with E-state index in [2.05, 4.69) is 242 Å². The molecule has 516 valence electrons. The van der Waals surface area contributed by atoms with Crippen LogP contribution >= 0.6 is 11.3 Å². The highest BCUT2D eigenvalue weighted by Gasteiger charge is 2.47. The van der Waals surface area contributed by atoms with Crippen LogP contribution in [0.25, 0.3) is 142 Å². The van der Waals surface area contributed by atoms with Crippen LogP contribution in [0.2, 0.25) is 0 Å². The molecule has 15 aromatic carbocycles. The lowest BCUT2D eigenvalue weighted by atomic mass is 9.33. The summed E-state index contributed by atoms with van der Waals surface area (Å²) in [6.07, 6.45) is 0. The molecule has 6 heteroatoms. The van der Waals surface area contributed by atoms with Crippen LogP contribution in [0.3, 0.4) is 0 Å². The van der Waals surface area contributed by atoms with Gasteiger partial charge < -0.3 is 18.9 Å². The van der Waals surface area contributed by atoms with Gasteiger partial charge in [-0.25, -0.2) is 0 Å². The second kappa shape index (κ2) is 23.6. The molecule has 3 aromatic heterocycles. The van der Waals surface area contributed by atoms with Crippen LogP contribution in [0.5, 0.6) is 0 Å². The van der Waals surface area contributed by atoms with E-state index >= 15 is 0 Å². The predicted molar refractivity (Wildman–Crippen MR) is 464 cm³/mol. The Hall–Kier alpha value is -12.2. The molecule has 108 heavy (non-hydrogen) atoms. The van der Waals surface area contributed by atoms with Gasteiger partial charge in [-0.15, -0.1) is 11.3 Å². The minimum atomic E-state index is -0.783. The second-order valence-electron chi connectivity index (χ2n) is 32.1. The summed E-state index contributed by atoms with van der Waals surface area (Å²) < 4.78 is 158. The molecule has 0 amide bonds. The van der Waals surface area contributed by atoms with Crippen LogP contribution in [0, 0.1) is 0 Å². The number of hydrogen-bond acceptors (Lipinski definition) is 3. The molecule has 0 fully saturated rings. The molecule has 0 radical (unpaired) electrons. The van der Waals surface area contributed by atoms with E-state index < -0.39 is 120 Å². The Balaban J connectivity index is 1.01. The molecular weight excluding hydrogens is 1320 g/mol. The van der Waals surface area contributed by atoms with E-state index in [-0.39, 0.29) is 43.6 Å². The number of anilines is 6. The highest BCUT2D eigenvalue weighted by atomic mass is 32.1. The average Bonchev–Trinajstić information content (AvgIpc) is 1.73. The lowest BCUT2D eigenvalue weighted by molar-refractivity contribution is 0.590. The fourth-order valence-corrected chi connectivity index (χ4v) is 18.2. The average molecular weight is 1420 g/mol. The second-order valence-corrected chi connectivity index (χ2v) is 33.2. The number of para-hydroxylation sites is 4. The van der Waals surface area contributed by atoms with Crippen molar-refractivity contribution in [3.8, 4) is 78.1 Å². The fraction of sp³-hybridized carbons (Fsp3) is 0.118. The van der Waals surface area contributed by atoms with Gasteiger partial charge in [-0.05, 0) is 215 Å². The summed E-state index contributed by atoms with van der Waals surface area (Å²) in [6.45, 7) is 19.2. The van der Waals surface area contributed by atoms with Crippen molar-refractivity contribution in [1.82, 2.24) is 9.13 Å². The van der Waals surface area contributed by atoms with Crippen molar-refractivity contribution in [2.24, 2.45) is 0 Å². The summed E-state index contributed by atoms with van der Waals surface area (Å²) in [7, 11) is 0. The van der Waals surface area contributed by atoms with Crippen LogP contribution in [0.15, 0.2) is 315 Å². The Bertz CT molecular complexity index is 7250. The maximum absolute atomic E-state index is 9.97. The van der Waals surface area contributed by atoms with Crippen molar-refractivity contribution in [2.45, 2.75) is 78.6 Å². The van der Waals surface area contributed by atoms with Gasteiger partial charge in [0.15, 0.2) is 0 Å². The third kappa shape index (κ3) is 9.89. The molecule has 0 N–H and O–H groups in total. The van der Waals surface area contributed by atoms with E-state index in [0.29, 0.717) is 22.7 Å². The summed E-state index contributed by atoms with van der Waals surface area (Å²) in [4.78, 5) is 4.76. The van der Waals surface area contributed by atoms with Gasteiger partial charge in [-0.3, -0.25) is 0 Å². The van der Waals surface area contributed by atoms with Crippen molar-refractivity contribution in [1.29, 1.82) is 0 Å². The monoisotopic (exact) mass is 1420 g/mol. The summed E-state index contributed by atoms with van der Waals surface area (Å²) >= 11 is 1.76. The number of hydrogen-bond donors (Lipinski definition) is 0. The molecule has 0 saturated carbocycles. The van der Waals surface area contributed by atoms with E-state index in [0.717, 1.165) is 143 Å². The van der Waals surface area contributed by atoms with Gasteiger partial charge in [0.2, 0.25) is 0 Å². The molecule has 21 rings (SSSR count). The van der Waals surface area contributed by atoms with Crippen LogP contribution in [-0.4, -0.2) is 15.8 Å². The van der Waals surface area contributed by atoms with E-state index in [1.807, 2.05) is 48.5 Å². The Kier molecular flexibility index (Phi) is 10.8. The normalized spacial score (nSPS) is 15.2. The molecule has 13 bridgehead atoms. The van der Waals surface area contributed by atoms with Gasteiger partial charge in [0.1, 0.15) is 0 Å². The van der Waals surface area contributed by atoms with Crippen molar-refractivity contribution in [3.05, 3.63) is 332 Å². The Labute approximate surface area is 658 Å². The maximum atomic E-state index is 9.97. The van der Waals surface area contributed by atoms with Gasteiger partial charge >= 0.3 is 0 Å². The summed E-state index contributed by atoms with van der Waals surface area (Å²) in [5, 5.41) is 1.94. The topological polar surface area (TPSA) is 16.3 Å². The summed E-state index contributed by atoms with van der Waals surface area (Å²) in [6, 6.07) is 69.4. The van der Waals surface area contributed by atoms with E-state index in [1.165, 1.54) is 0 Å². The molecule has 0 saturated heterocycles. The molecule has 3 aliphatic heterocycles. The SMILES string of the molecule is [2H]c1c([2H])c([2H])c2c(c1[2H])c1c([2H])c([2H])c([2H])c([2H])c1n2-c1ccc2c(c1)N1c3cc(C(C)(C)C)cc4c3B2c2ccc(-n3c5c([2H])c([2H])c([2H])c([2H])c5c5c([2H])c([2H])c([2H])c([2H])c53)cc2N4c2c(-c3ccccc3)cc(C(C)(C)C)cc2-c2cccc(c2)-c2ccc3sc4ccc(cc4c3c2)-c2cccc(c2)-c2cc(C(C)(C)C)cc(-c3ccccc3)c21. The molecule has 3 aliphatic rings. The van der Waals surface area contributed by atoms with Crippen molar-refractivity contribution < 1.29 is 21.9 Å². The first kappa shape index (κ1) is 49.6. The van der Waals surface area contributed by atoms with Gasteiger partial charge in [-0.2, -0.15) is 0 Å². The number of fused-ring (bicyclic) bond motifs is 26. The fourth-order valence-electron chi connectivity index (χ4n) is 17.1. The number of thiophene rings is 1. The zero-order chi connectivity index (χ0) is 86.7. The van der Waals surface area contributed by atoms with Gasteiger partial charge in [0, 0.05) is 98.1 Å². The minimum absolute atomic E-state index is 0.0479. The number of nitrogens with zero attached hydrogens (tertiary/aromatic N) is 4. The highest BCUT2D eigenvalue weighted by Crippen LogP contribution is 2.57. The maximum Gasteiger partial charge on any atom is 0.252 e. The highest BCUT2D eigenvalue weighted by molar-refractivity contribution is 7.25. The third-order valence-electron chi connectivity index (χ3n) is 22.5. The van der Waals surface area contributed by atoms with E-state index in [1.54, 1.807) is 20.5 Å². The van der Waals surface area contributed by atoms with Crippen molar-refractivity contribution >= 4 is 132 Å².